The van der Waals surface area contributed by atoms with E-state index in [1.807, 2.05) is 0 Å². The smallest absolute Gasteiger partial charge is 0.165 e. The van der Waals surface area contributed by atoms with Gasteiger partial charge in [0.2, 0.25) is 0 Å². The molecule has 0 aliphatic heterocycles. The van der Waals surface area contributed by atoms with Gasteiger partial charge in [-0.1, -0.05) is 6.07 Å². The molecule has 1 aromatic carbocycles. The molecule has 1 unspecified atom stereocenters. The third kappa shape index (κ3) is 1.92. The molecule has 0 aliphatic carbocycles. The minimum Gasteiger partial charge on any atom is -0.494 e. The van der Waals surface area contributed by atoms with E-state index in [-0.39, 0.29) is 11.8 Å². The number of rotatable bonds is 3. The number of halogens is 1. The number of hydrogen-bond acceptors (Lipinski definition) is 3. The van der Waals surface area contributed by atoms with E-state index >= 15 is 0 Å². The van der Waals surface area contributed by atoms with Gasteiger partial charge in [0.25, 0.3) is 0 Å². The summed E-state index contributed by atoms with van der Waals surface area (Å²) >= 11 is 0. The Bertz CT molecular complexity index is 468. The first-order valence-corrected chi connectivity index (χ1v) is 4.83. The molecule has 0 fully saturated rings. The Hall–Kier alpha value is -1.81. The number of ether oxygens (including phenoxy) is 1. The summed E-state index contributed by atoms with van der Waals surface area (Å²) in [4.78, 5) is 0. The van der Waals surface area contributed by atoms with E-state index in [4.69, 9.17) is 14.9 Å². The molecule has 1 heterocycles. The zero-order valence-electron chi connectivity index (χ0n) is 8.81. The van der Waals surface area contributed by atoms with Crippen LogP contribution in [0, 0.1) is 5.82 Å². The number of benzene rings is 1. The predicted octanol–water partition coefficient (Wildman–Crippen LogP) is 2.48. The lowest BCUT2D eigenvalue weighted by molar-refractivity contribution is 0.386. The van der Waals surface area contributed by atoms with Gasteiger partial charge in [0.05, 0.1) is 25.7 Å². The molecule has 2 aromatic rings. The fourth-order valence-corrected chi connectivity index (χ4v) is 1.52. The third-order valence-corrected chi connectivity index (χ3v) is 2.44. The van der Waals surface area contributed by atoms with E-state index in [0.29, 0.717) is 5.56 Å². The number of methoxy groups -OCH3 is 1. The lowest BCUT2D eigenvalue weighted by Gasteiger charge is -2.11. The van der Waals surface area contributed by atoms with Crippen molar-refractivity contribution < 1.29 is 13.5 Å². The topological polar surface area (TPSA) is 48.4 Å². The van der Waals surface area contributed by atoms with Crippen LogP contribution in [0.15, 0.2) is 41.2 Å². The van der Waals surface area contributed by atoms with Crippen molar-refractivity contribution in [2.75, 3.05) is 7.11 Å². The normalized spacial score (nSPS) is 12.4. The minimum atomic E-state index is -0.418. The highest BCUT2D eigenvalue weighted by molar-refractivity contribution is 5.35. The molecule has 4 heteroatoms. The summed E-state index contributed by atoms with van der Waals surface area (Å²) in [6.07, 6.45) is 3.09. The van der Waals surface area contributed by atoms with Crippen LogP contribution >= 0.6 is 0 Å². The zero-order valence-corrected chi connectivity index (χ0v) is 8.81. The Morgan fingerprint density at radius 1 is 1.31 bits per heavy atom. The SMILES string of the molecule is COc1ccc(C(N)c2ccoc2)cc1F. The highest BCUT2D eigenvalue weighted by Gasteiger charge is 2.12. The number of furan rings is 1. The second-order valence-electron chi connectivity index (χ2n) is 3.43. The van der Waals surface area contributed by atoms with Crippen molar-refractivity contribution in [3.05, 3.63) is 53.7 Å². The van der Waals surface area contributed by atoms with Gasteiger partial charge in [0.15, 0.2) is 11.6 Å². The molecule has 0 amide bonds. The second kappa shape index (κ2) is 4.37. The van der Waals surface area contributed by atoms with Crippen molar-refractivity contribution in [2.24, 2.45) is 5.73 Å². The molecule has 84 valence electrons. The minimum absolute atomic E-state index is 0.211. The van der Waals surface area contributed by atoms with Gasteiger partial charge in [0.1, 0.15) is 0 Å². The summed E-state index contributed by atoms with van der Waals surface area (Å²) < 4.78 is 23.2. The summed E-state index contributed by atoms with van der Waals surface area (Å²) in [5, 5.41) is 0. The molecule has 2 N–H and O–H groups in total. The van der Waals surface area contributed by atoms with E-state index in [9.17, 15) is 4.39 Å². The first-order chi connectivity index (χ1) is 7.72. The van der Waals surface area contributed by atoms with E-state index in [1.54, 1.807) is 24.5 Å². The molecule has 0 saturated carbocycles. The molecule has 1 aromatic heterocycles. The summed E-state index contributed by atoms with van der Waals surface area (Å²) in [5.74, 6) is -0.206. The maximum Gasteiger partial charge on any atom is 0.165 e. The van der Waals surface area contributed by atoms with Gasteiger partial charge in [-0.05, 0) is 23.8 Å². The zero-order chi connectivity index (χ0) is 11.5. The summed E-state index contributed by atoms with van der Waals surface area (Å²) in [7, 11) is 1.42. The molecule has 0 aliphatic rings. The quantitative estimate of drug-likeness (QED) is 0.866. The highest BCUT2D eigenvalue weighted by atomic mass is 19.1. The molecular formula is C12H12FNO2. The van der Waals surface area contributed by atoms with Crippen LogP contribution in [0.5, 0.6) is 5.75 Å². The van der Waals surface area contributed by atoms with Gasteiger partial charge in [-0.3, -0.25) is 0 Å². The maximum absolute atomic E-state index is 13.4. The molecule has 0 saturated heterocycles. The lowest BCUT2D eigenvalue weighted by Crippen LogP contribution is -2.11. The fraction of sp³-hybridized carbons (Fsp3) is 0.167. The molecule has 1 atom stereocenters. The van der Waals surface area contributed by atoms with Gasteiger partial charge in [-0.15, -0.1) is 0 Å². The largest absolute Gasteiger partial charge is 0.494 e. The third-order valence-electron chi connectivity index (χ3n) is 2.44. The van der Waals surface area contributed by atoms with Crippen LogP contribution in [-0.2, 0) is 0 Å². The van der Waals surface area contributed by atoms with Crippen LogP contribution < -0.4 is 10.5 Å². The van der Waals surface area contributed by atoms with Crippen LogP contribution in [0.2, 0.25) is 0 Å². The Morgan fingerprint density at radius 2 is 2.12 bits per heavy atom. The molecule has 2 rings (SSSR count). The highest BCUT2D eigenvalue weighted by Crippen LogP contribution is 2.24. The maximum atomic E-state index is 13.4. The second-order valence-corrected chi connectivity index (χ2v) is 3.43. The van der Waals surface area contributed by atoms with E-state index < -0.39 is 5.82 Å². The van der Waals surface area contributed by atoms with Crippen LogP contribution in [0.3, 0.4) is 0 Å². The Balaban J connectivity index is 2.31. The average molecular weight is 221 g/mol. The van der Waals surface area contributed by atoms with Gasteiger partial charge >= 0.3 is 0 Å². The fourth-order valence-electron chi connectivity index (χ4n) is 1.52. The predicted molar refractivity (Wildman–Crippen MR) is 57.7 cm³/mol. The Kier molecular flexibility index (Phi) is 2.92. The molecule has 3 nitrogen and oxygen atoms in total. The lowest BCUT2D eigenvalue weighted by atomic mass is 10.0. The molecular weight excluding hydrogens is 209 g/mol. The van der Waals surface area contributed by atoms with Crippen molar-refractivity contribution in [1.82, 2.24) is 0 Å². The first kappa shape index (κ1) is 10.7. The summed E-state index contributed by atoms with van der Waals surface area (Å²) in [5.41, 5.74) is 7.44. The summed E-state index contributed by atoms with van der Waals surface area (Å²) in [6, 6.07) is 6.03. The molecule has 0 bridgehead atoms. The number of nitrogens with two attached hydrogens (primary N) is 1. The van der Waals surface area contributed by atoms with Crippen molar-refractivity contribution in [1.29, 1.82) is 0 Å². The van der Waals surface area contributed by atoms with Gasteiger partial charge in [-0.2, -0.15) is 0 Å². The molecule has 0 radical (unpaired) electrons. The standard InChI is InChI=1S/C12H12FNO2/c1-15-11-3-2-8(6-10(11)13)12(14)9-4-5-16-7-9/h2-7,12H,14H2,1H3. The molecule has 16 heavy (non-hydrogen) atoms. The van der Waals surface area contributed by atoms with Gasteiger partial charge in [0, 0.05) is 5.56 Å². The van der Waals surface area contributed by atoms with E-state index in [2.05, 4.69) is 0 Å². The van der Waals surface area contributed by atoms with Gasteiger partial charge in [-0.25, -0.2) is 4.39 Å². The van der Waals surface area contributed by atoms with Crippen molar-refractivity contribution >= 4 is 0 Å². The van der Waals surface area contributed by atoms with Crippen LogP contribution in [0.1, 0.15) is 17.2 Å². The Morgan fingerprint density at radius 3 is 2.69 bits per heavy atom. The van der Waals surface area contributed by atoms with E-state index in [1.165, 1.54) is 19.4 Å². The number of hydrogen-bond donors (Lipinski definition) is 1. The summed E-state index contributed by atoms with van der Waals surface area (Å²) in [6.45, 7) is 0. The average Bonchev–Trinajstić information content (AvgIpc) is 2.81. The van der Waals surface area contributed by atoms with Crippen LogP contribution in [0.25, 0.3) is 0 Å². The van der Waals surface area contributed by atoms with Crippen LogP contribution in [-0.4, -0.2) is 7.11 Å². The van der Waals surface area contributed by atoms with Crippen molar-refractivity contribution in [3.8, 4) is 5.75 Å². The first-order valence-electron chi connectivity index (χ1n) is 4.83. The van der Waals surface area contributed by atoms with Crippen molar-refractivity contribution in [3.63, 3.8) is 0 Å². The van der Waals surface area contributed by atoms with Crippen LogP contribution in [0.4, 0.5) is 4.39 Å². The van der Waals surface area contributed by atoms with Gasteiger partial charge < -0.3 is 14.9 Å². The monoisotopic (exact) mass is 221 g/mol. The van der Waals surface area contributed by atoms with Crippen molar-refractivity contribution in [2.45, 2.75) is 6.04 Å². The molecule has 0 spiro atoms. The Labute approximate surface area is 92.6 Å². The van der Waals surface area contributed by atoms with E-state index in [0.717, 1.165) is 5.56 Å².